The highest BCUT2D eigenvalue weighted by Crippen LogP contribution is 2.19. The first-order valence-corrected chi connectivity index (χ1v) is 7.05. The van der Waals surface area contributed by atoms with Crippen molar-refractivity contribution in [2.45, 2.75) is 0 Å². The summed E-state index contributed by atoms with van der Waals surface area (Å²) in [6.07, 6.45) is 0. The first kappa shape index (κ1) is 15.3. The number of hydrazine groups is 1. The molecule has 1 heterocycles. The van der Waals surface area contributed by atoms with Crippen LogP contribution in [0.3, 0.4) is 0 Å². The number of rotatable bonds is 3. The van der Waals surface area contributed by atoms with E-state index in [9.17, 15) is 14.7 Å². The normalized spacial score (nSPS) is 10.2. The Labute approximate surface area is 136 Å². The number of benzene rings is 2. The van der Waals surface area contributed by atoms with Gasteiger partial charge in [-0.1, -0.05) is 41.6 Å². The van der Waals surface area contributed by atoms with Gasteiger partial charge in [0.25, 0.3) is 11.8 Å². The van der Waals surface area contributed by atoms with Crippen molar-refractivity contribution in [1.82, 2.24) is 16.0 Å². The van der Waals surface area contributed by atoms with Crippen molar-refractivity contribution in [3.8, 4) is 17.1 Å². The molecule has 0 aliphatic carbocycles. The zero-order valence-electron chi connectivity index (χ0n) is 12.4. The predicted octanol–water partition coefficient (Wildman–Crippen LogP) is 2.12. The Kier molecular flexibility index (Phi) is 4.24. The molecule has 0 saturated heterocycles. The number of phenols is 1. The van der Waals surface area contributed by atoms with Crippen LogP contribution in [0.25, 0.3) is 11.3 Å². The summed E-state index contributed by atoms with van der Waals surface area (Å²) in [6, 6.07) is 16.4. The summed E-state index contributed by atoms with van der Waals surface area (Å²) in [4.78, 5) is 23.9. The lowest BCUT2D eigenvalue weighted by Gasteiger charge is -2.05. The number of carbonyl (C=O) groups excluding carboxylic acids is 2. The van der Waals surface area contributed by atoms with Crippen molar-refractivity contribution in [3.05, 3.63) is 71.9 Å². The van der Waals surface area contributed by atoms with E-state index in [-0.39, 0.29) is 17.0 Å². The monoisotopic (exact) mass is 323 g/mol. The largest absolute Gasteiger partial charge is 0.508 e. The Balaban J connectivity index is 1.63. The van der Waals surface area contributed by atoms with Crippen molar-refractivity contribution in [3.63, 3.8) is 0 Å². The molecule has 3 rings (SSSR count). The van der Waals surface area contributed by atoms with Gasteiger partial charge in [0.05, 0.1) is 0 Å². The van der Waals surface area contributed by atoms with Crippen LogP contribution >= 0.6 is 0 Å². The third kappa shape index (κ3) is 3.41. The fraction of sp³-hybridized carbons (Fsp3) is 0. The Morgan fingerprint density at radius 3 is 2.42 bits per heavy atom. The third-order valence-corrected chi connectivity index (χ3v) is 3.20. The maximum absolute atomic E-state index is 12.0. The van der Waals surface area contributed by atoms with Gasteiger partial charge in [-0.3, -0.25) is 20.4 Å². The smallest absolute Gasteiger partial charge is 0.291 e. The molecule has 0 spiro atoms. The Morgan fingerprint density at radius 1 is 0.917 bits per heavy atom. The molecular weight excluding hydrogens is 310 g/mol. The molecule has 3 aromatic rings. The van der Waals surface area contributed by atoms with Gasteiger partial charge in [0.15, 0.2) is 11.5 Å². The number of carbonyl (C=O) groups is 2. The standard InChI is InChI=1S/C17H13N3O4/c21-13-8-4-7-12(9-13)16(22)18-19-17(23)14-10-15(24-20-14)11-5-2-1-3-6-11/h1-10,21H,(H,18,22)(H,19,23). The maximum atomic E-state index is 12.0. The van der Waals surface area contributed by atoms with E-state index in [4.69, 9.17) is 4.52 Å². The summed E-state index contributed by atoms with van der Waals surface area (Å²) in [5.41, 5.74) is 5.51. The van der Waals surface area contributed by atoms with Crippen molar-refractivity contribution in [2.75, 3.05) is 0 Å². The molecule has 7 nitrogen and oxygen atoms in total. The van der Waals surface area contributed by atoms with Crippen LogP contribution in [0, 0.1) is 0 Å². The molecule has 7 heteroatoms. The van der Waals surface area contributed by atoms with E-state index < -0.39 is 11.8 Å². The fourth-order valence-electron chi connectivity index (χ4n) is 2.02. The van der Waals surface area contributed by atoms with Gasteiger partial charge in [-0.05, 0) is 18.2 Å². The van der Waals surface area contributed by atoms with Gasteiger partial charge in [-0.15, -0.1) is 0 Å². The van der Waals surface area contributed by atoms with Gasteiger partial charge in [-0.2, -0.15) is 0 Å². The molecule has 2 amide bonds. The molecule has 0 radical (unpaired) electrons. The highest BCUT2D eigenvalue weighted by Gasteiger charge is 2.15. The number of aromatic hydroxyl groups is 1. The lowest BCUT2D eigenvalue weighted by atomic mass is 10.1. The first-order valence-electron chi connectivity index (χ1n) is 7.05. The van der Waals surface area contributed by atoms with Crippen LogP contribution in [0.15, 0.2) is 65.2 Å². The number of nitrogens with zero attached hydrogens (tertiary/aromatic N) is 1. The van der Waals surface area contributed by atoms with Gasteiger partial charge >= 0.3 is 0 Å². The van der Waals surface area contributed by atoms with Crippen molar-refractivity contribution in [2.24, 2.45) is 0 Å². The van der Waals surface area contributed by atoms with Crippen molar-refractivity contribution < 1.29 is 19.2 Å². The molecule has 0 bridgehead atoms. The van der Waals surface area contributed by atoms with E-state index >= 15 is 0 Å². The lowest BCUT2D eigenvalue weighted by Crippen LogP contribution is -2.41. The van der Waals surface area contributed by atoms with Gasteiger partial charge in [0.1, 0.15) is 5.75 Å². The summed E-state index contributed by atoms with van der Waals surface area (Å²) in [5.74, 6) is -0.779. The van der Waals surface area contributed by atoms with Crippen LogP contribution in [0.5, 0.6) is 5.75 Å². The van der Waals surface area contributed by atoms with E-state index in [1.807, 2.05) is 30.3 Å². The van der Waals surface area contributed by atoms with Crippen molar-refractivity contribution in [1.29, 1.82) is 0 Å². The van der Waals surface area contributed by atoms with E-state index in [0.29, 0.717) is 5.76 Å². The first-order chi connectivity index (χ1) is 11.6. The maximum Gasteiger partial charge on any atom is 0.291 e. The number of amides is 2. The number of nitrogens with one attached hydrogen (secondary N) is 2. The van der Waals surface area contributed by atoms with Crippen LogP contribution in [0.4, 0.5) is 0 Å². The second-order valence-corrected chi connectivity index (χ2v) is 4.90. The average Bonchev–Trinajstić information content (AvgIpc) is 3.10. The van der Waals surface area contributed by atoms with E-state index in [1.165, 1.54) is 30.3 Å². The minimum atomic E-state index is -0.616. The quantitative estimate of drug-likeness (QED) is 0.640. The lowest BCUT2D eigenvalue weighted by molar-refractivity contribution is 0.0841. The number of aromatic nitrogens is 1. The SMILES string of the molecule is O=C(NNC(=O)c1cc(-c2ccccc2)on1)c1cccc(O)c1. The van der Waals surface area contributed by atoms with Crippen molar-refractivity contribution >= 4 is 11.8 Å². The molecule has 0 aliphatic rings. The van der Waals surface area contributed by atoms with Crippen LogP contribution in [-0.2, 0) is 0 Å². The molecule has 0 aliphatic heterocycles. The minimum Gasteiger partial charge on any atom is -0.508 e. The summed E-state index contributed by atoms with van der Waals surface area (Å²) < 4.78 is 5.12. The highest BCUT2D eigenvalue weighted by molar-refractivity contribution is 5.98. The highest BCUT2D eigenvalue weighted by atomic mass is 16.5. The van der Waals surface area contributed by atoms with Gasteiger partial charge in [-0.25, -0.2) is 0 Å². The topological polar surface area (TPSA) is 104 Å². The molecule has 3 N–H and O–H groups in total. The van der Waals surface area contributed by atoms with Gasteiger partial charge in [0, 0.05) is 17.2 Å². The Bertz CT molecular complexity index is 874. The molecule has 0 atom stereocenters. The average molecular weight is 323 g/mol. The molecular formula is C17H13N3O4. The summed E-state index contributed by atoms with van der Waals surface area (Å²) >= 11 is 0. The van der Waals surface area contributed by atoms with Gasteiger partial charge in [0.2, 0.25) is 0 Å². The second-order valence-electron chi connectivity index (χ2n) is 4.90. The van der Waals surface area contributed by atoms with Crippen LogP contribution in [0.2, 0.25) is 0 Å². The third-order valence-electron chi connectivity index (χ3n) is 3.20. The number of hydrogen-bond donors (Lipinski definition) is 3. The predicted molar refractivity (Wildman–Crippen MR) is 85.0 cm³/mol. The molecule has 1 aromatic heterocycles. The Hall–Kier alpha value is -3.61. The number of hydrogen-bond acceptors (Lipinski definition) is 5. The molecule has 0 unspecified atom stereocenters. The van der Waals surface area contributed by atoms with E-state index in [2.05, 4.69) is 16.0 Å². The van der Waals surface area contributed by atoms with Gasteiger partial charge < -0.3 is 9.63 Å². The fourth-order valence-corrected chi connectivity index (χ4v) is 2.02. The Morgan fingerprint density at radius 2 is 1.67 bits per heavy atom. The summed E-state index contributed by atoms with van der Waals surface area (Å²) in [5, 5.41) is 13.0. The van der Waals surface area contributed by atoms with Crippen LogP contribution in [-0.4, -0.2) is 22.1 Å². The minimum absolute atomic E-state index is 0.0325. The molecule has 0 saturated carbocycles. The zero-order chi connectivity index (χ0) is 16.9. The van der Waals surface area contributed by atoms with E-state index in [1.54, 1.807) is 0 Å². The molecule has 0 fully saturated rings. The summed E-state index contributed by atoms with van der Waals surface area (Å²) in [7, 11) is 0. The summed E-state index contributed by atoms with van der Waals surface area (Å²) in [6.45, 7) is 0. The van der Waals surface area contributed by atoms with E-state index in [0.717, 1.165) is 5.56 Å². The zero-order valence-corrected chi connectivity index (χ0v) is 12.4. The number of phenolic OH excluding ortho intramolecular Hbond substituents is 1. The van der Waals surface area contributed by atoms with Crippen LogP contribution in [0.1, 0.15) is 20.8 Å². The van der Waals surface area contributed by atoms with Crippen LogP contribution < -0.4 is 10.9 Å². The molecule has 24 heavy (non-hydrogen) atoms. The second kappa shape index (κ2) is 6.66. The molecule has 2 aromatic carbocycles. The molecule has 120 valence electrons.